The summed E-state index contributed by atoms with van der Waals surface area (Å²) in [6, 6.07) is 19.7. The third kappa shape index (κ3) is 4.36. The molecule has 2 N–H and O–H groups in total. The minimum absolute atomic E-state index is 0.276. The molecular weight excluding hydrogens is 430 g/mol. The van der Waals surface area contributed by atoms with Gasteiger partial charge in [0.1, 0.15) is 11.3 Å². The van der Waals surface area contributed by atoms with Gasteiger partial charge in [0.05, 0.1) is 18.3 Å². The molecule has 0 saturated carbocycles. The normalized spacial score (nSPS) is 14.6. The number of benzene rings is 2. The van der Waals surface area contributed by atoms with Crippen LogP contribution in [0.3, 0.4) is 0 Å². The van der Waals surface area contributed by atoms with Gasteiger partial charge in [-0.1, -0.05) is 42.5 Å². The topological polar surface area (TPSA) is 86.4 Å². The summed E-state index contributed by atoms with van der Waals surface area (Å²) in [5.74, 6) is 0.893. The first-order chi connectivity index (χ1) is 16.6. The van der Waals surface area contributed by atoms with E-state index in [1.807, 2.05) is 54.6 Å². The molecule has 0 unspecified atom stereocenters. The predicted octanol–water partition coefficient (Wildman–Crippen LogP) is 2.91. The van der Waals surface area contributed by atoms with Crippen LogP contribution >= 0.6 is 0 Å². The summed E-state index contributed by atoms with van der Waals surface area (Å²) in [5, 5.41) is 0. The van der Waals surface area contributed by atoms with Crippen LogP contribution < -0.4 is 20.9 Å². The summed E-state index contributed by atoms with van der Waals surface area (Å²) >= 11 is 0. The first-order valence-electron chi connectivity index (χ1n) is 11.7. The zero-order chi connectivity index (χ0) is 23.5. The molecule has 0 aliphatic carbocycles. The summed E-state index contributed by atoms with van der Waals surface area (Å²) < 4.78 is 6.80. The Morgan fingerprint density at radius 1 is 0.882 bits per heavy atom. The highest BCUT2D eigenvalue weighted by molar-refractivity contribution is 5.81. The molecule has 2 aromatic carbocycles. The van der Waals surface area contributed by atoms with Gasteiger partial charge in [0.25, 0.3) is 5.56 Å². The minimum Gasteiger partial charge on any atom is -0.495 e. The molecule has 8 nitrogen and oxygen atoms in total. The number of hydrogen-bond donors (Lipinski definition) is 2. The van der Waals surface area contributed by atoms with E-state index in [2.05, 4.69) is 25.8 Å². The Hall–Kier alpha value is -3.78. The molecule has 1 aliphatic rings. The molecule has 0 atom stereocenters. The van der Waals surface area contributed by atoms with Gasteiger partial charge in [0.2, 0.25) is 0 Å². The largest absolute Gasteiger partial charge is 0.495 e. The van der Waals surface area contributed by atoms with Crippen LogP contribution in [0.15, 0.2) is 70.3 Å². The number of fused-ring (bicyclic) bond motifs is 1. The fraction of sp³-hybridized carbons (Fsp3) is 0.308. The Balaban J connectivity index is 1.22. The van der Waals surface area contributed by atoms with E-state index in [0.717, 1.165) is 61.8 Å². The third-order valence-electron chi connectivity index (χ3n) is 6.50. The molecule has 0 bridgehead atoms. The van der Waals surface area contributed by atoms with E-state index in [1.165, 1.54) is 4.57 Å². The number of aromatic nitrogens is 3. The fourth-order valence-electron chi connectivity index (χ4n) is 4.66. The lowest BCUT2D eigenvalue weighted by Crippen LogP contribution is -2.47. The van der Waals surface area contributed by atoms with Gasteiger partial charge in [0.15, 0.2) is 0 Å². The van der Waals surface area contributed by atoms with Crippen LogP contribution in [0.2, 0.25) is 0 Å². The lowest BCUT2D eigenvalue weighted by atomic mass is 10.2. The second-order valence-electron chi connectivity index (χ2n) is 8.58. The lowest BCUT2D eigenvalue weighted by Gasteiger charge is -2.36. The average Bonchev–Trinajstić information content (AvgIpc) is 3.31. The number of para-hydroxylation sites is 2. The van der Waals surface area contributed by atoms with Crippen LogP contribution in [0.1, 0.15) is 6.42 Å². The number of piperazine rings is 1. The van der Waals surface area contributed by atoms with Gasteiger partial charge in [-0.2, -0.15) is 0 Å². The van der Waals surface area contributed by atoms with Crippen molar-refractivity contribution in [3.63, 3.8) is 0 Å². The van der Waals surface area contributed by atoms with Crippen molar-refractivity contribution in [2.24, 2.45) is 0 Å². The van der Waals surface area contributed by atoms with E-state index in [9.17, 15) is 9.59 Å². The van der Waals surface area contributed by atoms with Crippen molar-refractivity contribution in [2.75, 3.05) is 44.7 Å². The number of H-pyrrole nitrogens is 2. The average molecular weight is 460 g/mol. The van der Waals surface area contributed by atoms with Gasteiger partial charge in [-0.15, -0.1) is 0 Å². The molecule has 3 heterocycles. The molecule has 2 aromatic heterocycles. The second kappa shape index (κ2) is 9.61. The van der Waals surface area contributed by atoms with Crippen molar-refractivity contribution in [1.29, 1.82) is 0 Å². The van der Waals surface area contributed by atoms with Crippen molar-refractivity contribution >= 4 is 16.7 Å². The van der Waals surface area contributed by atoms with Crippen LogP contribution in [-0.2, 0) is 6.54 Å². The highest BCUT2D eigenvalue weighted by Gasteiger charge is 2.19. The summed E-state index contributed by atoms with van der Waals surface area (Å²) in [7, 11) is 1.70. The maximum absolute atomic E-state index is 13.0. The number of rotatable bonds is 7. The predicted molar refractivity (Wildman–Crippen MR) is 135 cm³/mol. The Morgan fingerprint density at radius 3 is 2.38 bits per heavy atom. The monoisotopic (exact) mass is 459 g/mol. The third-order valence-corrected chi connectivity index (χ3v) is 6.50. The van der Waals surface area contributed by atoms with E-state index in [-0.39, 0.29) is 11.2 Å². The van der Waals surface area contributed by atoms with Gasteiger partial charge in [-0.05, 0) is 36.7 Å². The maximum atomic E-state index is 13.0. The van der Waals surface area contributed by atoms with E-state index >= 15 is 0 Å². The van der Waals surface area contributed by atoms with Gasteiger partial charge in [-0.3, -0.25) is 14.3 Å². The molecule has 0 amide bonds. The van der Waals surface area contributed by atoms with E-state index in [0.29, 0.717) is 17.6 Å². The van der Waals surface area contributed by atoms with Crippen molar-refractivity contribution in [3.05, 3.63) is 81.5 Å². The van der Waals surface area contributed by atoms with Gasteiger partial charge < -0.3 is 19.6 Å². The number of hydrogen-bond acceptors (Lipinski definition) is 5. The number of aromatic amines is 2. The molecule has 34 heavy (non-hydrogen) atoms. The summed E-state index contributed by atoms with van der Waals surface area (Å²) in [6.07, 6.45) is 0.732. The summed E-state index contributed by atoms with van der Waals surface area (Å²) in [6.45, 7) is 4.91. The van der Waals surface area contributed by atoms with E-state index < -0.39 is 0 Å². The van der Waals surface area contributed by atoms with E-state index in [4.69, 9.17) is 4.74 Å². The molecule has 176 valence electrons. The number of anilines is 1. The maximum Gasteiger partial charge on any atom is 0.328 e. The van der Waals surface area contributed by atoms with Crippen LogP contribution in [0.25, 0.3) is 22.3 Å². The van der Waals surface area contributed by atoms with Crippen LogP contribution in [0, 0.1) is 0 Å². The highest BCUT2D eigenvalue weighted by Crippen LogP contribution is 2.28. The lowest BCUT2D eigenvalue weighted by molar-refractivity contribution is 0.249. The van der Waals surface area contributed by atoms with Crippen molar-refractivity contribution in [3.8, 4) is 17.0 Å². The van der Waals surface area contributed by atoms with Gasteiger partial charge in [0, 0.05) is 38.4 Å². The molecule has 1 aliphatic heterocycles. The quantitative estimate of drug-likeness (QED) is 0.444. The highest BCUT2D eigenvalue weighted by atomic mass is 16.5. The second-order valence-corrected chi connectivity index (χ2v) is 8.58. The summed E-state index contributed by atoms with van der Waals surface area (Å²) in [4.78, 5) is 36.4. The Bertz CT molecular complexity index is 1380. The minimum atomic E-state index is -0.364. The standard InChI is InChI=1S/C26H29N5O3/c1-34-23-11-6-5-10-22(23)30-16-14-29(15-17-30)12-7-13-31-25(32)24-21(28-26(31)33)18-20(27-24)19-8-3-2-4-9-19/h2-6,8-11,18,27H,7,12-17H2,1H3,(H,28,33). The number of nitrogens with one attached hydrogen (secondary N) is 2. The number of methoxy groups -OCH3 is 1. The van der Waals surface area contributed by atoms with E-state index in [1.54, 1.807) is 7.11 Å². The van der Waals surface area contributed by atoms with Crippen molar-refractivity contribution < 1.29 is 4.74 Å². The number of nitrogens with zero attached hydrogens (tertiary/aromatic N) is 3. The Morgan fingerprint density at radius 2 is 1.62 bits per heavy atom. The zero-order valence-corrected chi connectivity index (χ0v) is 19.3. The smallest absolute Gasteiger partial charge is 0.328 e. The molecule has 8 heteroatoms. The molecule has 1 fully saturated rings. The van der Waals surface area contributed by atoms with Gasteiger partial charge in [-0.25, -0.2) is 4.79 Å². The van der Waals surface area contributed by atoms with Crippen molar-refractivity contribution in [2.45, 2.75) is 13.0 Å². The first kappa shape index (κ1) is 22.0. The van der Waals surface area contributed by atoms with Crippen LogP contribution in [0.5, 0.6) is 5.75 Å². The molecule has 0 spiro atoms. The zero-order valence-electron chi connectivity index (χ0n) is 19.3. The Labute approximate surface area is 197 Å². The van der Waals surface area contributed by atoms with Crippen LogP contribution in [0.4, 0.5) is 5.69 Å². The van der Waals surface area contributed by atoms with Gasteiger partial charge >= 0.3 is 5.69 Å². The SMILES string of the molecule is COc1ccccc1N1CCN(CCCn2c(=O)[nH]c3cc(-c4ccccc4)[nH]c3c2=O)CC1. The Kier molecular flexibility index (Phi) is 6.22. The molecule has 5 rings (SSSR count). The molecule has 1 saturated heterocycles. The molecule has 0 radical (unpaired) electrons. The first-order valence-corrected chi connectivity index (χ1v) is 11.7. The fourth-order valence-corrected chi connectivity index (χ4v) is 4.66. The molecule has 4 aromatic rings. The van der Waals surface area contributed by atoms with Crippen molar-refractivity contribution in [1.82, 2.24) is 19.4 Å². The number of ether oxygens (including phenoxy) is 1. The molecular formula is C26H29N5O3. The summed E-state index contributed by atoms with van der Waals surface area (Å²) in [5.41, 5.74) is 3.24. The van der Waals surface area contributed by atoms with Crippen LogP contribution in [-0.4, -0.2) is 59.3 Å².